The minimum absolute atomic E-state index is 0.245. The normalized spacial score (nSPS) is 11.5. The second-order valence-electron chi connectivity index (χ2n) is 4.64. The Morgan fingerprint density at radius 1 is 1.42 bits per heavy atom. The third-order valence-corrected chi connectivity index (χ3v) is 3.94. The number of likely N-dealkylation sites (N-methyl/N-ethyl adjacent to an activating group) is 1. The summed E-state index contributed by atoms with van der Waals surface area (Å²) in [6, 6.07) is 1.44. The van der Waals surface area contributed by atoms with Crippen molar-refractivity contribution in [2.45, 2.75) is 26.3 Å². The fourth-order valence-corrected chi connectivity index (χ4v) is 2.17. The number of nitrogens with zero attached hydrogens (tertiary/aromatic N) is 2. The summed E-state index contributed by atoms with van der Waals surface area (Å²) in [4.78, 5) is 25.0. The van der Waals surface area contributed by atoms with Crippen LogP contribution in [0, 0.1) is 0 Å². The van der Waals surface area contributed by atoms with Crippen molar-refractivity contribution in [1.29, 1.82) is 0 Å². The number of aliphatic carboxylic acids is 1. The van der Waals surface area contributed by atoms with Gasteiger partial charge in [0.25, 0.3) is 5.91 Å². The van der Waals surface area contributed by atoms with Gasteiger partial charge in [-0.3, -0.25) is 4.79 Å². The lowest BCUT2D eigenvalue weighted by Gasteiger charge is -2.34. The molecule has 0 saturated heterocycles. The molecule has 19 heavy (non-hydrogen) atoms. The Kier molecular flexibility index (Phi) is 4.53. The number of carbonyl (C=O) groups is 2. The maximum absolute atomic E-state index is 12.4. The number of rotatable bonds is 4. The Bertz CT molecular complexity index is 523. The highest BCUT2D eigenvalue weighted by Crippen LogP contribution is 2.27. The predicted molar refractivity (Wildman–Crippen MR) is 73.9 cm³/mol. The summed E-state index contributed by atoms with van der Waals surface area (Å²) in [7, 11) is 1.60. The van der Waals surface area contributed by atoms with Gasteiger partial charge in [-0.15, -0.1) is 0 Å². The van der Waals surface area contributed by atoms with Crippen LogP contribution in [-0.2, 0) is 11.8 Å². The molecule has 0 aromatic carbocycles. The summed E-state index contributed by atoms with van der Waals surface area (Å²) in [5.41, 5.74) is -1.05. The Balaban J connectivity index is 3.23. The second-order valence-corrected chi connectivity index (χ2v) is 5.41. The van der Waals surface area contributed by atoms with Gasteiger partial charge in [-0.2, -0.15) is 0 Å². The van der Waals surface area contributed by atoms with E-state index in [2.05, 4.69) is 0 Å². The maximum Gasteiger partial charge on any atom is 0.329 e. The first-order valence-corrected chi connectivity index (χ1v) is 6.46. The Hall–Kier alpha value is -1.20. The number of amides is 1. The van der Waals surface area contributed by atoms with E-state index in [-0.39, 0.29) is 22.4 Å². The number of carboxylic acid groups (broad SMARTS) is 1. The average molecular weight is 307 g/mol. The van der Waals surface area contributed by atoms with Gasteiger partial charge in [-0.05, 0) is 26.8 Å². The van der Waals surface area contributed by atoms with Crippen LogP contribution in [-0.4, -0.2) is 38.5 Å². The van der Waals surface area contributed by atoms with Gasteiger partial charge in [0.05, 0.1) is 5.02 Å². The molecule has 0 radical (unpaired) electrons. The van der Waals surface area contributed by atoms with Crippen LogP contribution in [0.2, 0.25) is 10.2 Å². The quantitative estimate of drug-likeness (QED) is 0.930. The van der Waals surface area contributed by atoms with Gasteiger partial charge >= 0.3 is 5.97 Å². The summed E-state index contributed by atoms with van der Waals surface area (Å²) in [5.74, 6) is -1.50. The van der Waals surface area contributed by atoms with E-state index in [0.717, 1.165) is 0 Å². The third kappa shape index (κ3) is 2.72. The lowest BCUT2D eigenvalue weighted by Crippen LogP contribution is -2.53. The molecule has 1 heterocycles. The molecule has 1 amide bonds. The molecular weight excluding hydrogens is 291 g/mol. The first kappa shape index (κ1) is 15.9. The predicted octanol–water partition coefficient (Wildman–Crippen LogP) is 2.66. The van der Waals surface area contributed by atoms with Crippen LogP contribution in [0.5, 0.6) is 0 Å². The maximum atomic E-state index is 12.4. The number of carbonyl (C=O) groups excluding carboxylic acids is 1. The third-order valence-electron chi connectivity index (χ3n) is 3.10. The van der Waals surface area contributed by atoms with E-state index in [9.17, 15) is 14.7 Å². The largest absolute Gasteiger partial charge is 0.480 e. The van der Waals surface area contributed by atoms with Crippen molar-refractivity contribution < 1.29 is 14.7 Å². The standard InChI is InChI=1S/C12H16Cl2N2O3/c1-5-16(12(2,3)11(18)19)10(17)8-6-7(13)9(14)15(8)4/h6H,5H2,1-4H3,(H,18,19). The summed E-state index contributed by atoms with van der Waals surface area (Å²) in [6.45, 7) is 4.93. The van der Waals surface area contributed by atoms with Crippen molar-refractivity contribution in [2.75, 3.05) is 6.54 Å². The second kappa shape index (κ2) is 5.43. The topological polar surface area (TPSA) is 62.5 Å². The van der Waals surface area contributed by atoms with Crippen LogP contribution in [0.25, 0.3) is 0 Å². The minimum Gasteiger partial charge on any atom is -0.480 e. The lowest BCUT2D eigenvalue weighted by atomic mass is 10.0. The molecule has 5 nitrogen and oxygen atoms in total. The minimum atomic E-state index is -1.31. The van der Waals surface area contributed by atoms with Crippen molar-refractivity contribution in [3.05, 3.63) is 21.9 Å². The van der Waals surface area contributed by atoms with E-state index in [1.54, 1.807) is 14.0 Å². The number of carboxylic acids is 1. The lowest BCUT2D eigenvalue weighted by molar-refractivity contribution is -0.147. The fraction of sp³-hybridized carbons (Fsp3) is 0.500. The molecule has 0 spiro atoms. The average Bonchev–Trinajstić information content (AvgIpc) is 2.57. The van der Waals surface area contributed by atoms with Crippen LogP contribution in [0.3, 0.4) is 0 Å². The molecule has 1 rings (SSSR count). The molecule has 0 bridgehead atoms. The molecule has 0 atom stereocenters. The SMILES string of the molecule is CCN(C(=O)c1cc(Cl)c(Cl)n1C)C(C)(C)C(=O)O. The summed E-state index contributed by atoms with van der Waals surface area (Å²) in [6.07, 6.45) is 0. The van der Waals surface area contributed by atoms with Gasteiger partial charge in [-0.25, -0.2) is 4.79 Å². The van der Waals surface area contributed by atoms with E-state index >= 15 is 0 Å². The molecule has 0 fully saturated rings. The van der Waals surface area contributed by atoms with Crippen LogP contribution >= 0.6 is 23.2 Å². The summed E-state index contributed by atoms with van der Waals surface area (Å²) >= 11 is 11.8. The molecule has 0 saturated carbocycles. The van der Waals surface area contributed by atoms with Crippen LogP contribution in [0.4, 0.5) is 0 Å². The number of halogens is 2. The molecule has 0 unspecified atom stereocenters. The van der Waals surface area contributed by atoms with Crippen LogP contribution in [0.1, 0.15) is 31.3 Å². The fourth-order valence-electron chi connectivity index (χ4n) is 1.79. The molecule has 106 valence electrons. The summed E-state index contributed by atoms with van der Waals surface area (Å²) < 4.78 is 1.44. The highest BCUT2D eigenvalue weighted by molar-refractivity contribution is 6.41. The van der Waals surface area contributed by atoms with Gasteiger partial charge in [0.2, 0.25) is 0 Å². The van der Waals surface area contributed by atoms with E-state index in [4.69, 9.17) is 23.2 Å². The van der Waals surface area contributed by atoms with E-state index in [0.29, 0.717) is 0 Å². The van der Waals surface area contributed by atoms with Gasteiger partial charge in [0.15, 0.2) is 0 Å². The smallest absolute Gasteiger partial charge is 0.329 e. The monoisotopic (exact) mass is 306 g/mol. The van der Waals surface area contributed by atoms with E-state index in [1.165, 1.54) is 29.4 Å². The van der Waals surface area contributed by atoms with Crippen LogP contribution < -0.4 is 0 Å². The zero-order valence-corrected chi connectivity index (χ0v) is 12.7. The van der Waals surface area contributed by atoms with Crippen molar-refractivity contribution in [3.8, 4) is 0 Å². The van der Waals surface area contributed by atoms with Gasteiger partial charge in [0, 0.05) is 13.6 Å². The highest BCUT2D eigenvalue weighted by atomic mass is 35.5. The van der Waals surface area contributed by atoms with Gasteiger partial charge in [0.1, 0.15) is 16.4 Å². The number of hydrogen-bond donors (Lipinski definition) is 1. The zero-order chi connectivity index (χ0) is 15.0. The first-order chi connectivity index (χ1) is 8.64. The van der Waals surface area contributed by atoms with Gasteiger partial charge < -0.3 is 14.6 Å². The first-order valence-electron chi connectivity index (χ1n) is 5.70. The summed E-state index contributed by atoms with van der Waals surface area (Å²) in [5, 5.41) is 9.72. The van der Waals surface area contributed by atoms with Crippen molar-refractivity contribution in [1.82, 2.24) is 9.47 Å². The molecule has 7 heteroatoms. The van der Waals surface area contributed by atoms with Crippen LogP contribution in [0.15, 0.2) is 6.07 Å². The number of aromatic nitrogens is 1. The Morgan fingerprint density at radius 2 is 1.95 bits per heavy atom. The molecule has 0 aliphatic heterocycles. The molecular formula is C12H16Cl2N2O3. The molecule has 0 aliphatic rings. The van der Waals surface area contributed by atoms with Crippen molar-refractivity contribution in [3.63, 3.8) is 0 Å². The van der Waals surface area contributed by atoms with Crippen molar-refractivity contribution >= 4 is 35.1 Å². The highest BCUT2D eigenvalue weighted by Gasteiger charge is 2.38. The zero-order valence-electron chi connectivity index (χ0n) is 11.2. The van der Waals surface area contributed by atoms with Gasteiger partial charge in [-0.1, -0.05) is 23.2 Å². The Morgan fingerprint density at radius 3 is 2.26 bits per heavy atom. The van der Waals surface area contributed by atoms with E-state index < -0.39 is 17.4 Å². The van der Waals surface area contributed by atoms with E-state index in [1.807, 2.05) is 0 Å². The number of hydrogen-bond acceptors (Lipinski definition) is 2. The van der Waals surface area contributed by atoms with Crippen molar-refractivity contribution in [2.24, 2.45) is 7.05 Å². The Labute approximate surface area is 121 Å². The molecule has 1 aromatic heterocycles. The molecule has 1 aromatic rings. The molecule has 0 aliphatic carbocycles. The molecule has 1 N–H and O–H groups in total.